The standard InChI is InChI=1S/C12H10N2O4S/c15-12(16)9-4-3-5-10(8-9)19(17,18)14-11-6-1-2-7-13-11/h1-8H,(H,13,14)(H,15,16)/p-1. The third-order valence-corrected chi connectivity index (χ3v) is 3.64. The highest BCUT2D eigenvalue weighted by molar-refractivity contribution is 7.92. The van der Waals surface area contributed by atoms with Crippen molar-refractivity contribution in [3.05, 3.63) is 54.2 Å². The van der Waals surface area contributed by atoms with Crippen LogP contribution in [-0.4, -0.2) is 19.4 Å². The molecule has 0 amide bonds. The van der Waals surface area contributed by atoms with Crippen LogP contribution in [0.5, 0.6) is 0 Å². The number of carboxylic acid groups (broad SMARTS) is 1. The van der Waals surface area contributed by atoms with Crippen LogP contribution in [0.2, 0.25) is 0 Å². The number of carbonyl (C=O) groups is 1. The van der Waals surface area contributed by atoms with Crippen LogP contribution in [-0.2, 0) is 10.0 Å². The van der Waals surface area contributed by atoms with E-state index in [0.29, 0.717) is 0 Å². The molecule has 0 spiro atoms. The molecule has 7 heteroatoms. The van der Waals surface area contributed by atoms with E-state index in [0.717, 1.165) is 6.07 Å². The minimum Gasteiger partial charge on any atom is -0.545 e. The van der Waals surface area contributed by atoms with Crippen molar-refractivity contribution in [2.45, 2.75) is 4.90 Å². The van der Waals surface area contributed by atoms with Crippen LogP contribution in [0.15, 0.2) is 53.6 Å². The Morgan fingerprint density at radius 2 is 1.95 bits per heavy atom. The van der Waals surface area contributed by atoms with Crippen LogP contribution in [0.25, 0.3) is 0 Å². The van der Waals surface area contributed by atoms with Gasteiger partial charge in [-0.15, -0.1) is 0 Å². The van der Waals surface area contributed by atoms with Crippen molar-refractivity contribution >= 4 is 21.8 Å². The van der Waals surface area contributed by atoms with Crippen LogP contribution >= 0.6 is 0 Å². The maximum absolute atomic E-state index is 12.0. The van der Waals surface area contributed by atoms with E-state index in [2.05, 4.69) is 9.71 Å². The van der Waals surface area contributed by atoms with Crippen molar-refractivity contribution in [2.75, 3.05) is 4.72 Å². The lowest BCUT2D eigenvalue weighted by atomic mass is 10.2. The number of benzene rings is 1. The van der Waals surface area contributed by atoms with E-state index in [1.165, 1.54) is 30.5 Å². The lowest BCUT2D eigenvalue weighted by Gasteiger charge is -2.09. The van der Waals surface area contributed by atoms with Gasteiger partial charge in [0.2, 0.25) is 0 Å². The number of anilines is 1. The van der Waals surface area contributed by atoms with E-state index < -0.39 is 16.0 Å². The third-order valence-electron chi connectivity index (χ3n) is 2.28. The minimum atomic E-state index is -3.87. The van der Waals surface area contributed by atoms with E-state index in [1.54, 1.807) is 12.1 Å². The first kappa shape index (κ1) is 13.0. The predicted molar refractivity (Wildman–Crippen MR) is 65.8 cm³/mol. The molecule has 2 aromatic rings. The average molecular weight is 277 g/mol. The molecule has 0 saturated heterocycles. The van der Waals surface area contributed by atoms with Gasteiger partial charge in [0.1, 0.15) is 5.82 Å². The van der Waals surface area contributed by atoms with Crippen LogP contribution in [0.4, 0.5) is 5.82 Å². The number of carbonyl (C=O) groups excluding carboxylic acids is 1. The Labute approximate surface area is 109 Å². The number of nitrogens with zero attached hydrogens (tertiary/aromatic N) is 1. The summed E-state index contributed by atoms with van der Waals surface area (Å²) in [5.74, 6) is -1.28. The van der Waals surface area contributed by atoms with Gasteiger partial charge in [0, 0.05) is 6.20 Å². The summed E-state index contributed by atoms with van der Waals surface area (Å²) in [6, 6.07) is 9.67. The topological polar surface area (TPSA) is 99.2 Å². The number of pyridine rings is 1. The average Bonchev–Trinajstić information content (AvgIpc) is 2.39. The van der Waals surface area contributed by atoms with Gasteiger partial charge in [-0.25, -0.2) is 13.4 Å². The number of sulfonamides is 1. The number of rotatable bonds is 4. The summed E-state index contributed by atoms with van der Waals surface area (Å²) in [6.07, 6.45) is 1.44. The van der Waals surface area contributed by atoms with E-state index in [4.69, 9.17) is 0 Å². The monoisotopic (exact) mass is 277 g/mol. The fourth-order valence-electron chi connectivity index (χ4n) is 1.41. The van der Waals surface area contributed by atoms with E-state index in [1.807, 2.05) is 0 Å². The molecule has 0 bridgehead atoms. The van der Waals surface area contributed by atoms with Crippen molar-refractivity contribution in [3.63, 3.8) is 0 Å². The van der Waals surface area contributed by atoms with Gasteiger partial charge in [-0.05, 0) is 29.8 Å². The summed E-state index contributed by atoms with van der Waals surface area (Å²) >= 11 is 0. The van der Waals surface area contributed by atoms with Gasteiger partial charge < -0.3 is 9.90 Å². The third kappa shape index (κ3) is 3.08. The molecular formula is C12H9N2O4S-. The molecule has 1 heterocycles. The van der Waals surface area contributed by atoms with Gasteiger partial charge in [0.15, 0.2) is 0 Å². The Bertz CT molecular complexity index is 699. The molecule has 0 saturated carbocycles. The van der Waals surface area contributed by atoms with E-state index >= 15 is 0 Å². The van der Waals surface area contributed by atoms with Crippen molar-refractivity contribution in [1.82, 2.24) is 4.98 Å². The van der Waals surface area contributed by atoms with Gasteiger partial charge in [0.25, 0.3) is 10.0 Å². The minimum absolute atomic E-state index is 0.154. The lowest BCUT2D eigenvalue weighted by molar-refractivity contribution is -0.255. The van der Waals surface area contributed by atoms with Crippen molar-refractivity contribution in [2.24, 2.45) is 0 Å². The van der Waals surface area contributed by atoms with Crippen molar-refractivity contribution in [3.8, 4) is 0 Å². The summed E-state index contributed by atoms with van der Waals surface area (Å²) in [5.41, 5.74) is -0.205. The second-order valence-corrected chi connectivity index (χ2v) is 5.32. The Balaban J connectivity index is 2.35. The Kier molecular flexibility index (Phi) is 3.48. The summed E-state index contributed by atoms with van der Waals surface area (Å²) in [5, 5.41) is 10.7. The molecular weight excluding hydrogens is 268 g/mol. The predicted octanol–water partition coefficient (Wildman–Crippen LogP) is 0.246. The fraction of sp³-hybridized carbons (Fsp3) is 0. The largest absolute Gasteiger partial charge is 0.545 e. The van der Waals surface area contributed by atoms with Gasteiger partial charge in [-0.2, -0.15) is 0 Å². The van der Waals surface area contributed by atoms with Crippen LogP contribution in [0, 0.1) is 0 Å². The molecule has 2 rings (SSSR count). The second kappa shape index (κ2) is 5.07. The Hall–Kier alpha value is -2.41. The summed E-state index contributed by atoms with van der Waals surface area (Å²) in [7, 11) is -3.87. The molecule has 0 fully saturated rings. The number of carboxylic acids is 1. The second-order valence-electron chi connectivity index (χ2n) is 3.64. The number of aromatic nitrogens is 1. The zero-order valence-electron chi connectivity index (χ0n) is 9.61. The van der Waals surface area contributed by atoms with Gasteiger partial charge in [-0.3, -0.25) is 4.72 Å². The number of hydrogen-bond acceptors (Lipinski definition) is 5. The molecule has 98 valence electrons. The van der Waals surface area contributed by atoms with Crippen LogP contribution < -0.4 is 9.83 Å². The maximum Gasteiger partial charge on any atom is 0.263 e. The van der Waals surface area contributed by atoms with Crippen molar-refractivity contribution < 1.29 is 18.3 Å². The number of hydrogen-bond donors (Lipinski definition) is 1. The Morgan fingerprint density at radius 3 is 2.58 bits per heavy atom. The molecule has 1 N–H and O–H groups in total. The van der Waals surface area contributed by atoms with E-state index in [-0.39, 0.29) is 16.3 Å². The zero-order chi connectivity index (χ0) is 13.9. The number of aromatic carboxylic acids is 1. The highest BCUT2D eigenvalue weighted by Gasteiger charge is 2.15. The Morgan fingerprint density at radius 1 is 1.16 bits per heavy atom. The molecule has 1 aromatic carbocycles. The van der Waals surface area contributed by atoms with Gasteiger partial charge in [0.05, 0.1) is 10.9 Å². The van der Waals surface area contributed by atoms with Crippen molar-refractivity contribution in [1.29, 1.82) is 0 Å². The SMILES string of the molecule is O=C([O-])c1cccc(S(=O)(=O)Nc2ccccn2)c1. The number of nitrogens with one attached hydrogen (secondary N) is 1. The molecule has 0 aliphatic carbocycles. The lowest BCUT2D eigenvalue weighted by Crippen LogP contribution is -2.23. The highest BCUT2D eigenvalue weighted by Crippen LogP contribution is 2.15. The smallest absolute Gasteiger partial charge is 0.263 e. The quantitative estimate of drug-likeness (QED) is 0.863. The zero-order valence-corrected chi connectivity index (χ0v) is 10.4. The van der Waals surface area contributed by atoms with Gasteiger partial charge >= 0.3 is 0 Å². The molecule has 0 aliphatic rings. The molecule has 0 unspecified atom stereocenters. The van der Waals surface area contributed by atoms with Crippen LogP contribution in [0.3, 0.4) is 0 Å². The summed E-state index contributed by atoms with van der Waals surface area (Å²) < 4.78 is 26.3. The summed E-state index contributed by atoms with van der Waals surface area (Å²) in [6.45, 7) is 0. The first-order valence-corrected chi connectivity index (χ1v) is 6.72. The highest BCUT2D eigenvalue weighted by atomic mass is 32.2. The summed E-state index contributed by atoms with van der Waals surface area (Å²) in [4.78, 5) is 14.4. The van der Waals surface area contributed by atoms with Gasteiger partial charge in [-0.1, -0.05) is 18.2 Å². The van der Waals surface area contributed by atoms with Crippen LogP contribution in [0.1, 0.15) is 10.4 Å². The normalized spacial score (nSPS) is 10.9. The molecule has 0 aliphatic heterocycles. The van der Waals surface area contributed by atoms with E-state index in [9.17, 15) is 18.3 Å². The molecule has 0 atom stereocenters. The first-order chi connectivity index (χ1) is 8.99. The molecule has 6 nitrogen and oxygen atoms in total. The first-order valence-electron chi connectivity index (χ1n) is 5.24. The molecule has 1 aromatic heterocycles. The fourth-order valence-corrected chi connectivity index (χ4v) is 2.46. The maximum atomic E-state index is 12.0. The molecule has 19 heavy (non-hydrogen) atoms. The molecule has 0 radical (unpaired) electrons.